The molecule has 2 nitrogen and oxygen atoms in total. The maximum atomic E-state index is 14.1. The highest BCUT2D eigenvalue weighted by Crippen LogP contribution is 2.35. The van der Waals surface area contributed by atoms with E-state index in [0.717, 1.165) is 50.1 Å². The van der Waals surface area contributed by atoms with E-state index in [2.05, 4.69) is 65.4 Å². The topological polar surface area (TPSA) is 6.48 Å². The minimum Gasteiger partial charge on any atom is -0.292 e. The number of fused-ring (bicyclic) bond motifs is 1. The first-order chi connectivity index (χ1) is 14.2. The van der Waals surface area contributed by atoms with Crippen LogP contribution in [0.1, 0.15) is 35.6 Å². The second kappa shape index (κ2) is 8.89. The molecule has 2 aromatic carbocycles. The van der Waals surface area contributed by atoms with Crippen LogP contribution in [-0.4, -0.2) is 28.9 Å². The maximum absolute atomic E-state index is 14.1. The third-order valence-corrected chi connectivity index (χ3v) is 6.31. The number of nitrogens with zero attached hydrogens (tertiary/aromatic N) is 2. The fourth-order valence-corrected chi connectivity index (χ4v) is 4.83. The van der Waals surface area contributed by atoms with Crippen molar-refractivity contribution in [2.75, 3.05) is 13.1 Å². The number of piperidine rings is 1. The van der Waals surface area contributed by atoms with Gasteiger partial charge in [0.15, 0.2) is 0 Å². The molecule has 0 spiro atoms. The van der Waals surface area contributed by atoms with Gasteiger partial charge >= 0.3 is 0 Å². The minimum atomic E-state index is -0.0586. The van der Waals surface area contributed by atoms with Gasteiger partial charge in [0.1, 0.15) is 5.82 Å². The highest BCUT2D eigenvalue weighted by Gasteiger charge is 2.33. The summed E-state index contributed by atoms with van der Waals surface area (Å²) in [6.07, 6.45) is 8.05. The third kappa shape index (κ3) is 4.12. The molecule has 0 aromatic heterocycles. The number of rotatable bonds is 6. The number of hydrogen-bond donors (Lipinski definition) is 0. The highest BCUT2D eigenvalue weighted by atomic mass is 19.1. The first-order valence-electron chi connectivity index (χ1n) is 10.5. The molecule has 0 bridgehead atoms. The number of halogens is 1. The van der Waals surface area contributed by atoms with Gasteiger partial charge in [0, 0.05) is 37.8 Å². The lowest BCUT2D eigenvalue weighted by Gasteiger charge is -2.41. The van der Waals surface area contributed by atoms with E-state index in [1.165, 1.54) is 11.1 Å². The molecule has 29 heavy (non-hydrogen) atoms. The summed E-state index contributed by atoms with van der Waals surface area (Å²) in [5.74, 6) is -0.0586. The van der Waals surface area contributed by atoms with Gasteiger partial charge < -0.3 is 0 Å². The summed E-state index contributed by atoms with van der Waals surface area (Å²) >= 11 is 0. The van der Waals surface area contributed by atoms with Crippen LogP contribution < -0.4 is 0 Å². The van der Waals surface area contributed by atoms with E-state index >= 15 is 0 Å². The van der Waals surface area contributed by atoms with Crippen molar-refractivity contribution in [3.63, 3.8) is 0 Å². The number of hydrogen-bond acceptors (Lipinski definition) is 2. The SMILES string of the molecule is C=C/C=C(\C=C)C(c1ccccc1)N1CCC(N2Cc3cccc(F)c3C2)CC1. The second-order valence-corrected chi connectivity index (χ2v) is 7.97. The van der Waals surface area contributed by atoms with Crippen molar-refractivity contribution in [2.24, 2.45) is 0 Å². The Labute approximate surface area is 173 Å². The summed E-state index contributed by atoms with van der Waals surface area (Å²) in [6, 6.07) is 16.8. The fraction of sp³-hybridized carbons (Fsp3) is 0.308. The van der Waals surface area contributed by atoms with Crippen molar-refractivity contribution >= 4 is 0 Å². The van der Waals surface area contributed by atoms with E-state index in [1.54, 1.807) is 6.07 Å². The number of likely N-dealkylation sites (tertiary alicyclic amines) is 1. The van der Waals surface area contributed by atoms with Gasteiger partial charge in [0.25, 0.3) is 0 Å². The molecular weight excluding hydrogens is 359 g/mol. The van der Waals surface area contributed by atoms with Crippen molar-refractivity contribution in [1.29, 1.82) is 0 Å². The van der Waals surface area contributed by atoms with Gasteiger partial charge in [0.2, 0.25) is 0 Å². The van der Waals surface area contributed by atoms with E-state index in [-0.39, 0.29) is 11.9 Å². The predicted molar refractivity (Wildman–Crippen MR) is 118 cm³/mol. The molecule has 0 N–H and O–H groups in total. The first-order valence-corrected chi connectivity index (χ1v) is 10.5. The summed E-state index contributed by atoms with van der Waals surface area (Å²) in [6.45, 7) is 11.6. The smallest absolute Gasteiger partial charge is 0.128 e. The summed E-state index contributed by atoms with van der Waals surface area (Å²) < 4.78 is 14.1. The molecule has 150 valence electrons. The van der Waals surface area contributed by atoms with Gasteiger partial charge in [-0.25, -0.2) is 4.39 Å². The van der Waals surface area contributed by atoms with Gasteiger partial charge in [-0.15, -0.1) is 0 Å². The molecule has 2 aliphatic rings. The van der Waals surface area contributed by atoms with Gasteiger partial charge in [-0.2, -0.15) is 0 Å². The first kappa shape index (κ1) is 19.8. The Morgan fingerprint density at radius 3 is 2.41 bits per heavy atom. The monoisotopic (exact) mass is 388 g/mol. The van der Waals surface area contributed by atoms with Crippen LogP contribution in [0.5, 0.6) is 0 Å². The van der Waals surface area contributed by atoms with Crippen LogP contribution in [0.4, 0.5) is 4.39 Å². The lowest BCUT2D eigenvalue weighted by molar-refractivity contribution is 0.0907. The Bertz CT molecular complexity index is 894. The van der Waals surface area contributed by atoms with Crippen LogP contribution in [0.2, 0.25) is 0 Å². The van der Waals surface area contributed by atoms with E-state index in [4.69, 9.17) is 0 Å². The zero-order valence-corrected chi connectivity index (χ0v) is 16.9. The number of allylic oxidation sites excluding steroid dienone is 2. The van der Waals surface area contributed by atoms with Crippen LogP contribution in [-0.2, 0) is 13.1 Å². The molecule has 1 saturated heterocycles. The van der Waals surface area contributed by atoms with Gasteiger partial charge in [-0.1, -0.05) is 73.9 Å². The van der Waals surface area contributed by atoms with Crippen LogP contribution in [0.25, 0.3) is 0 Å². The molecule has 0 saturated carbocycles. The molecule has 0 amide bonds. The Morgan fingerprint density at radius 2 is 1.76 bits per heavy atom. The zero-order valence-electron chi connectivity index (χ0n) is 16.9. The van der Waals surface area contributed by atoms with Crippen molar-refractivity contribution in [3.05, 3.63) is 108 Å². The van der Waals surface area contributed by atoms with Crippen molar-refractivity contribution in [1.82, 2.24) is 9.80 Å². The molecule has 4 rings (SSSR count). The Balaban J connectivity index is 1.47. The second-order valence-electron chi connectivity index (χ2n) is 7.97. The quantitative estimate of drug-likeness (QED) is 0.591. The van der Waals surface area contributed by atoms with E-state index in [1.807, 2.05) is 18.2 Å². The van der Waals surface area contributed by atoms with E-state index < -0.39 is 0 Å². The molecule has 2 aromatic rings. The molecule has 1 fully saturated rings. The van der Waals surface area contributed by atoms with Crippen LogP contribution in [0, 0.1) is 5.82 Å². The average Bonchev–Trinajstić information content (AvgIpc) is 3.20. The molecule has 0 radical (unpaired) electrons. The van der Waals surface area contributed by atoms with Crippen LogP contribution in [0.3, 0.4) is 0 Å². The molecule has 2 aliphatic heterocycles. The van der Waals surface area contributed by atoms with E-state index in [0.29, 0.717) is 6.04 Å². The third-order valence-electron chi connectivity index (χ3n) is 6.31. The van der Waals surface area contributed by atoms with Crippen molar-refractivity contribution in [2.45, 2.75) is 38.0 Å². The highest BCUT2D eigenvalue weighted by molar-refractivity contribution is 5.36. The van der Waals surface area contributed by atoms with Gasteiger partial charge in [-0.05, 0) is 35.6 Å². The number of benzene rings is 2. The Morgan fingerprint density at radius 1 is 1.00 bits per heavy atom. The molecule has 1 atom stereocenters. The lowest BCUT2D eigenvalue weighted by Crippen LogP contribution is -2.44. The Kier molecular flexibility index (Phi) is 6.08. The standard InChI is InChI=1S/C26H29FN2/c1-3-9-20(4-2)26(21-10-6-5-7-11-21)28-16-14-23(15-17-28)29-18-22-12-8-13-25(27)24(22)19-29/h3-13,23,26H,1-2,14-19H2/b20-9+. The normalized spacial score (nSPS) is 19.7. The summed E-state index contributed by atoms with van der Waals surface area (Å²) in [5.41, 5.74) is 4.51. The van der Waals surface area contributed by atoms with Gasteiger partial charge in [-0.3, -0.25) is 9.80 Å². The summed E-state index contributed by atoms with van der Waals surface area (Å²) in [5, 5.41) is 0. The Hall–Kier alpha value is -2.49. The molecule has 3 heteroatoms. The molecule has 2 heterocycles. The predicted octanol–water partition coefficient (Wildman–Crippen LogP) is 5.65. The van der Waals surface area contributed by atoms with Crippen LogP contribution in [0.15, 0.2) is 85.5 Å². The van der Waals surface area contributed by atoms with E-state index in [9.17, 15) is 4.39 Å². The summed E-state index contributed by atoms with van der Waals surface area (Å²) in [4.78, 5) is 5.00. The minimum absolute atomic E-state index is 0.0586. The van der Waals surface area contributed by atoms with Crippen molar-refractivity contribution in [3.8, 4) is 0 Å². The largest absolute Gasteiger partial charge is 0.292 e. The average molecular weight is 389 g/mol. The molecule has 0 aliphatic carbocycles. The van der Waals surface area contributed by atoms with Crippen molar-refractivity contribution < 1.29 is 4.39 Å². The maximum Gasteiger partial charge on any atom is 0.128 e. The van der Waals surface area contributed by atoms with Gasteiger partial charge in [0.05, 0.1) is 6.04 Å². The summed E-state index contributed by atoms with van der Waals surface area (Å²) in [7, 11) is 0. The lowest BCUT2D eigenvalue weighted by atomic mass is 9.93. The molecular formula is C26H29FN2. The zero-order chi connectivity index (χ0) is 20.2. The molecule has 1 unspecified atom stereocenters. The fourth-order valence-electron chi connectivity index (χ4n) is 4.83. The van der Waals surface area contributed by atoms with Crippen LogP contribution >= 0.6 is 0 Å².